The van der Waals surface area contributed by atoms with Crippen molar-refractivity contribution in [2.45, 2.75) is 25.8 Å². The van der Waals surface area contributed by atoms with Crippen LogP contribution in [0.1, 0.15) is 30.0 Å². The summed E-state index contributed by atoms with van der Waals surface area (Å²) < 4.78 is 8.76. The Labute approximate surface area is 156 Å². The number of nitrogens with one attached hydrogen (secondary N) is 1. The molecule has 2 aromatic heterocycles. The molecule has 138 valence electrons. The van der Waals surface area contributed by atoms with Crippen LogP contribution in [0.2, 0.25) is 0 Å². The lowest BCUT2D eigenvalue weighted by Crippen LogP contribution is -2.30. The third-order valence-electron chi connectivity index (χ3n) is 5.00. The monoisotopic (exact) mass is 364 g/mol. The van der Waals surface area contributed by atoms with Crippen molar-refractivity contribution >= 4 is 22.8 Å². The molecule has 0 spiro atoms. The third-order valence-corrected chi connectivity index (χ3v) is 5.00. The van der Waals surface area contributed by atoms with Gasteiger partial charge in [0.05, 0.1) is 17.8 Å². The van der Waals surface area contributed by atoms with Crippen molar-refractivity contribution in [2.24, 2.45) is 7.05 Å². The van der Waals surface area contributed by atoms with Gasteiger partial charge in [-0.05, 0) is 37.5 Å². The molecule has 1 aliphatic rings. The second-order valence-electron chi connectivity index (χ2n) is 6.72. The molecule has 0 bridgehead atoms. The minimum absolute atomic E-state index is 0.0707. The fourth-order valence-corrected chi connectivity index (χ4v) is 3.41. The van der Waals surface area contributed by atoms with Gasteiger partial charge in [0, 0.05) is 32.0 Å². The van der Waals surface area contributed by atoms with Gasteiger partial charge >= 0.3 is 5.69 Å². The molecular weight excluding hydrogens is 344 g/mol. The van der Waals surface area contributed by atoms with Crippen LogP contribution >= 0.6 is 0 Å². The van der Waals surface area contributed by atoms with Crippen LogP contribution in [-0.4, -0.2) is 32.3 Å². The van der Waals surface area contributed by atoms with E-state index >= 15 is 0 Å². The normalized spacial score (nSPS) is 15.0. The Morgan fingerprint density at radius 2 is 2.11 bits per heavy atom. The maximum absolute atomic E-state index is 12.8. The van der Waals surface area contributed by atoms with E-state index in [1.165, 1.54) is 0 Å². The molecule has 27 heavy (non-hydrogen) atoms. The molecule has 1 saturated heterocycles. The van der Waals surface area contributed by atoms with Gasteiger partial charge in [-0.25, -0.2) is 9.78 Å². The van der Waals surface area contributed by atoms with Gasteiger partial charge in [-0.2, -0.15) is 10.2 Å². The number of imidazole rings is 1. The van der Waals surface area contributed by atoms with Crippen LogP contribution in [0.3, 0.4) is 0 Å². The quantitative estimate of drug-likeness (QED) is 0.766. The SMILES string of the molecule is Cc1ccc(C#N)cc1Nc1ncc2c(n1)n(C1CCOCC1)c(=O)n2C. The maximum atomic E-state index is 12.8. The number of aryl methyl sites for hydroxylation is 2. The van der Waals surface area contributed by atoms with Crippen LogP contribution in [0, 0.1) is 18.3 Å². The van der Waals surface area contributed by atoms with E-state index in [0.29, 0.717) is 35.9 Å². The molecule has 0 atom stereocenters. The van der Waals surface area contributed by atoms with E-state index in [9.17, 15) is 4.79 Å². The molecule has 0 saturated carbocycles. The topological polar surface area (TPSA) is 97.8 Å². The lowest BCUT2D eigenvalue weighted by atomic mass is 10.1. The first kappa shape index (κ1) is 17.2. The average molecular weight is 364 g/mol. The number of hydrogen-bond acceptors (Lipinski definition) is 6. The summed E-state index contributed by atoms with van der Waals surface area (Å²) in [7, 11) is 1.73. The van der Waals surface area contributed by atoms with Crippen LogP contribution in [-0.2, 0) is 11.8 Å². The Morgan fingerprint density at radius 3 is 2.85 bits per heavy atom. The number of hydrogen-bond donors (Lipinski definition) is 1. The summed E-state index contributed by atoms with van der Waals surface area (Å²) in [6.45, 7) is 3.23. The standard InChI is InChI=1S/C19H20N6O2/c1-12-3-4-13(10-20)9-15(12)22-18-21-11-16-17(23-18)25(19(26)24(16)2)14-5-7-27-8-6-14/h3-4,9,11,14H,5-8H2,1-2H3,(H,21,22,23). The molecule has 0 aliphatic carbocycles. The highest BCUT2D eigenvalue weighted by atomic mass is 16.5. The summed E-state index contributed by atoms with van der Waals surface area (Å²) in [6.07, 6.45) is 3.23. The number of nitrogens with zero attached hydrogens (tertiary/aromatic N) is 5. The Balaban J connectivity index is 1.78. The van der Waals surface area contributed by atoms with Gasteiger partial charge in [0.25, 0.3) is 0 Å². The van der Waals surface area contributed by atoms with Crippen molar-refractivity contribution in [1.82, 2.24) is 19.1 Å². The fraction of sp³-hybridized carbons (Fsp3) is 0.368. The van der Waals surface area contributed by atoms with Gasteiger partial charge in [0.1, 0.15) is 5.52 Å². The Bertz CT molecular complexity index is 1100. The van der Waals surface area contributed by atoms with Crippen LogP contribution in [0.15, 0.2) is 29.2 Å². The van der Waals surface area contributed by atoms with E-state index in [-0.39, 0.29) is 11.7 Å². The highest BCUT2D eigenvalue weighted by molar-refractivity contribution is 5.73. The zero-order chi connectivity index (χ0) is 19.0. The van der Waals surface area contributed by atoms with Crippen molar-refractivity contribution < 1.29 is 4.74 Å². The van der Waals surface area contributed by atoms with Gasteiger partial charge < -0.3 is 10.1 Å². The van der Waals surface area contributed by atoms with E-state index in [2.05, 4.69) is 21.4 Å². The van der Waals surface area contributed by atoms with Crippen LogP contribution in [0.5, 0.6) is 0 Å². The number of anilines is 2. The molecule has 8 heteroatoms. The number of aromatic nitrogens is 4. The highest BCUT2D eigenvalue weighted by Gasteiger charge is 2.23. The van der Waals surface area contributed by atoms with Crippen molar-refractivity contribution in [2.75, 3.05) is 18.5 Å². The largest absolute Gasteiger partial charge is 0.381 e. The second kappa shape index (κ2) is 6.85. The number of fused-ring (bicyclic) bond motifs is 1. The predicted octanol–water partition coefficient (Wildman–Crippen LogP) is 2.41. The fourth-order valence-electron chi connectivity index (χ4n) is 3.41. The van der Waals surface area contributed by atoms with Crippen LogP contribution in [0.4, 0.5) is 11.6 Å². The van der Waals surface area contributed by atoms with E-state index < -0.39 is 0 Å². The maximum Gasteiger partial charge on any atom is 0.330 e. The van der Waals surface area contributed by atoms with Crippen molar-refractivity contribution in [1.29, 1.82) is 5.26 Å². The molecular formula is C19H20N6O2. The number of ether oxygens (including phenoxy) is 1. The van der Waals surface area contributed by atoms with Gasteiger partial charge in [-0.3, -0.25) is 9.13 Å². The lowest BCUT2D eigenvalue weighted by Gasteiger charge is -2.22. The average Bonchev–Trinajstić information content (AvgIpc) is 2.94. The van der Waals surface area contributed by atoms with E-state index in [4.69, 9.17) is 10.00 Å². The van der Waals surface area contributed by atoms with Gasteiger partial charge in [-0.15, -0.1) is 0 Å². The van der Waals surface area contributed by atoms with E-state index in [1.54, 1.807) is 34.5 Å². The molecule has 0 radical (unpaired) electrons. The van der Waals surface area contributed by atoms with Gasteiger partial charge in [0.15, 0.2) is 5.65 Å². The molecule has 3 heterocycles. The van der Waals surface area contributed by atoms with E-state index in [1.807, 2.05) is 13.0 Å². The summed E-state index contributed by atoms with van der Waals surface area (Å²) in [6, 6.07) is 7.61. The first-order valence-electron chi connectivity index (χ1n) is 8.88. The molecule has 1 N–H and O–H groups in total. The molecule has 1 aliphatic heterocycles. The molecule has 3 aromatic rings. The minimum atomic E-state index is -0.0917. The first-order valence-corrected chi connectivity index (χ1v) is 8.88. The van der Waals surface area contributed by atoms with Crippen molar-refractivity contribution in [3.05, 3.63) is 46.0 Å². The highest BCUT2D eigenvalue weighted by Crippen LogP contribution is 2.25. The first-order chi connectivity index (χ1) is 13.1. The Morgan fingerprint density at radius 1 is 1.33 bits per heavy atom. The number of nitriles is 1. The number of rotatable bonds is 3. The summed E-state index contributed by atoms with van der Waals surface area (Å²) in [5, 5.41) is 12.3. The van der Waals surface area contributed by atoms with Gasteiger partial charge in [0.2, 0.25) is 5.95 Å². The summed E-state index contributed by atoms with van der Waals surface area (Å²) >= 11 is 0. The van der Waals surface area contributed by atoms with Crippen LogP contribution < -0.4 is 11.0 Å². The molecule has 0 unspecified atom stereocenters. The smallest absolute Gasteiger partial charge is 0.330 e. The number of benzene rings is 1. The molecule has 0 amide bonds. The molecule has 1 fully saturated rings. The lowest BCUT2D eigenvalue weighted by molar-refractivity contribution is 0.0695. The van der Waals surface area contributed by atoms with Crippen molar-refractivity contribution in [3.63, 3.8) is 0 Å². The Hall–Kier alpha value is -3.18. The minimum Gasteiger partial charge on any atom is -0.381 e. The van der Waals surface area contributed by atoms with Crippen LogP contribution in [0.25, 0.3) is 11.2 Å². The second-order valence-corrected chi connectivity index (χ2v) is 6.72. The molecule has 1 aromatic carbocycles. The zero-order valence-corrected chi connectivity index (χ0v) is 15.3. The van der Waals surface area contributed by atoms with Crippen molar-refractivity contribution in [3.8, 4) is 6.07 Å². The third kappa shape index (κ3) is 3.06. The predicted molar refractivity (Wildman–Crippen MR) is 101 cm³/mol. The Kier molecular flexibility index (Phi) is 4.38. The summed E-state index contributed by atoms with van der Waals surface area (Å²) in [5.74, 6) is 0.395. The molecule has 8 nitrogen and oxygen atoms in total. The van der Waals surface area contributed by atoms with E-state index in [0.717, 1.165) is 24.1 Å². The summed E-state index contributed by atoms with van der Waals surface area (Å²) in [4.78, 5) is 21.7. The summed E-state index contributed by atoms with van der Waals surface area (Å²) in [5.41, 5.74) is 3.52. The zero-order valence-electron chi connectivity index (χ0n) is 15.3. The van der Waals surface area contributed by atoms with Gasteiger partial charge in [-0.1, -0.05) is 6.07 Å². The molecule has 4 rings (SSSR count).